The molecule has 0 amide bonds. The summed E-state index contributed by atoms with van der Waals surface area (Å²) in [6, 6.07) is 7.54. The molecule has 1 aromatic heterocycles. The molecule has 0 unspecified atom stereocenters. The summed E-state index contributed by atoms with van der Waals surface area (Å²) in [5, 5.41) is 0. The number of benzene rings is 1. The SMILES string of the molecule is O=C(CCc1ccncc1)Cc1cccc(F)c1F. The Morgan fingerprint density at radius 2 is 1.84 bits per heavy atom. The number of hydrogen-bond donors (Lipinski definition) is 0. The molecular formula is C15H13F2NO. The fourth-order valence-electron chi connectivity index (χ4n) is 1.82. The van der Waals surface area contributed by atoms with Crippen LogP contribution in [-0.2, 0) is 17.6 Å². The van der Waals surface area contributed by atoms with Crippen molar-refractivity contribution >= 4 is 5.78 Å². The first-order valence-corrected chi connectivity index (χ1v) is 6.00. The molecular weight excluding hydrogens is 248 g/mol. The first-order chi connectivity index (χ1) is 9.16. The second kappa shape index (κ2) is 6.18. The second-order valence-corrected chi connectivity index (χ2v) is 4.28. The Kier molecular flexibility index (Phi) is 4.34. The number of pyridine rings is 1. The predicted molar refractivity (Wildman–Crippen MR) is 67.6 cm³/mol. The summed E-state index contributed by atoms with van der Waals surface area (Å²) < 4.78 is 26.4. The van der Waals surface area contributed by atoms with Crippen LogP contribution in [0.2, 0.25) is 0 Å². The van der Waals surface area contributed by atoms with Gasteiger partial charge < -0.3 is 0 Å². The van der Waals surface area contributed by atoms with E-state index in [2.05, 4.69) is 4.98 Å². The zero-order valence-electron chi connectivity index (χ0n) is 10.3. The molecule has 0 bridgehead atoms. The van der Waals surface area contributed by atoms with Crippen molar-refractivity contribution in [1.29, 1.82) is 0 Å². The lowest BCUT2D eigenvalue weighted by Gasteiger charge is -2.04. The minimum absolute atomic E-state index is 0.0747. The maximum atomic E-state index is 13.4. The van der Waals surface area contributed by atoms with E-state index in [1.807, 2.05) is 12.1 Å². The van der Waals surface area contributed by atoms with Gasteiger partial charge in [0.1, 0.15) is 5.78 Å². The topological polar surface area (TPSA) is 30.0 Å². The normalized spacial score (nSPS) is 10.4. The molecule has 0 radical (unpaired) electrons. The van der Waals surface area contributed by atoms with E-state index in [1.165, 1.54) is 12.1 Å². The number of aryl methyl sites for hydroxylation is 1. The summed E-state index contributed by atoms with van der Waals surface area (Å²) in [4.78, 5) is 15.6. The molecule has 19 heavy (non-hydrogen) atoms. The van der Waals surface area contributed by atoms with E-state index in [9.17, 15) is 13.6 Å². The van der Waals surface area contributed by atoms with Crippen LogP contribution in [0.1, 0.15) is 17.5 Å². The van der Waals surface area contributed by atoms with Crippen LogP contribution < -0.4 is 0 Å². The zero-order chi connectivity index (χ0) is 13.7. The Hall–Kier alpha value is -2.10. The molecule has 4 heteroatoms. The maximum absolute atomic E-state index is 13.4. The molecule has 1 aromatic carbocycles. The Bertz CT molecular complexity index is 570. The predicted octanol–water partition coefficient (Wildman–Crippen LogP) is 3.10. The number of carbonyl (C=O) groups excluding carboxylic acids is 1. The van der Waals surface area contributed by atoms with Crippen molar-refractivity contribution in [1.82, 2.24) is 4.98 Å². The van der Waals surface area contributed by atoms with Crippen molar-refractivity contribution in [3.63, 3.8) is 0 Å². The third-order valence-corrected chi connectivity index (χ3v) is 2.86. The third-order valence-electron chi connectivity index (χ3n) is 2.86. The lowest BCUT2D eigenvalue weighted by atomic mass is 10.0. The molecule has 0 atom stereocenters. The number of halogens is 2. The van der Waals surface area contributed by atoms with Gasteiger partial charge in [0.15, 0.2) is 11.6 Å². The zero-order valence-corrected chi connectivity index (χ0v) is 10.3. The fraction of sp³-hybridized carbons (Fsp3) is 0.200. The molecule has 0 aliphatic heterocycles. The van der Waals surface area contributed by atoms with Gasteiger partial charge in [0.2, 0.25) is 0 Å². The van der Waals surface area contributed by atoms with Crippen molar-refractivity contribution in [3.8, 4) is 0 Å². The Balaban J connectivity index is 1.93. The first-order valence-electron chi connectivity index (χ1n) is 6.00. The van der Waals surface area contributed by atoms with Gasteiger partial charge in [0, 0.05) is 25.2 Å². The maximum Gasteiger partial charge on any atom is 0.162 e. The number of rotatable bonds is 5. The van der Waals surface area contributed by atoms with E-state index < -0.39 is 11.6 Å². The number of hydrogen-bond acceptors (Lipinski definition) is 2. The van der Waals surface area contributed by atoms with Crippen LogP contribution in [0.3, 0.4) is 0 Å². The van der Waals surface area contributed by atoms with Crippen molar-refractivity contribution in [2.24, 2.45) is 0 Å². The molecule has 98 valence electrons. The highest BCUT2D eigenvalue weighted by atomic mass is 19.2. The van der Waals surface area contributed by atoms with Crippen molar-refractivity contribution in [2.75, 3.05) is 0 Å². The molecule has 0 spiro atoms. The third kappa shape index (κ3) is 3.68. The summed E-state index contributed by atoms with van der Waals surface area (Å²) in [7, 11) is 0. The standard InChI is InChI=1S/C15H13F2NO/c16-14-3-1-2-12(15(14)17)10-13(19)5-4-11-6-8-18-9-7-11/h1-3,6-9H,4-5,10H2. The average Bonchev–Trinajstić information content (AvgIpc) is 2.43. The van der Waals surface area contributed by atoms with Crippen LogP contribution in [0.5, 0.6) is 0 Å². The number of ketones is 1. The van der Waals surface area contributed by atoms with Gasteiger partial charge in [0.25, 0.3) is 0 Å². The van der Waals surface area contributed by atoms with Crippen molar-refractivity contribution < 1.29 is 13.6 Å². The highest BCUT2D eigenvalue weighted by molar-refractivity contribution is 5.81. The number of aromatic nitrogens is 1. The van der Waals surface area contributed by atoms with Gasteiger partial charge in [-0.2, -0.15) is 0 Å². The lowest BCUT2D eigenvalue weighted by Crippen LogP contribution is -2.06. The monoisotopic (exact) mass is 261 g/mol. The Morgan fingerprint density at radius 3 is 2.58 bits per heavy atom. The summed E-state index contributed by atoms with van der Waals surface area (Å²) in [5.41, 5.74) is 1.11. The second-order valence-electron chi connectivity index (χ2n) is 4.28. The number of carbonyl (C=O) groups is 1. The van der Waals surface area contributed by atoms with Gasteiger partial charge in [0.05, 0.1) is 0 Å². The van der Waals surface area contributed by atoms with Gasteiger partial charge in [-0.05, 0) is 35.7 Å². The summed E-state index contributed by atoms with van der Waals surface area (Å²) in [6.07, 6.45) is 4.13. The van der Waals surface area contributed by atoms with E-state index in [4.69, 9.17) is 0 Å². The molecule has 0 aliphatic rings. The number of nitrogens with zero attached hydrogens (tertiary/aromatic N) is 1. The highest BCUT2D eigenvalue weighted by Crippen LogP contribution is 2.13. The molecule has 0 aliphatic carbocycles. The largest absolute Gasteiger partial charge is 0.299 e. The van der Waals surface area contributed by atoms with Gasteiger partial charge in [-0.15, -0.1) is 0 Å². The summed E-state index contributed by atoms with van der Waals surface area (Å²) in [6.45, 7) is 0. The van der Waals surface area contributed by atoms with Gasteiger partial charge >= 0.3 is 0 Å². The minimum atomic E-state index is -0.931. The van der Waals surface area contributed by atoms with E-state index in [1.54, 1.807) is 12.4 Å². The van der Waals surface area contributed by atoms with E-state index in [-0.39, 0.29) is 17.8 Å². The van der Waals surface area contributed by atoms with Crippen LogP contribution in [0.25, 0.3) is 0 Å². The average molecular weight is 261 g/mol. The molecule has 0 saturated carbocycles. The quantitative estimate of drug-likeness (QED) is 0.827. The van der Waals surface area contributed by atoms with Crippen LogP contribution in [0.4, 0.5) is 8.78 Å². The summed E-state index contributed by atoms with van der Waals surface area (Å²) >= 11 is 0. The van der Waals surface area contributed by atoms with Crippen LogP contribution in [-0.4, -0.2) is 10.8 Å². The number of Topliss-reactive ketones (excluding diaryl/α,β-unsaturated/α-hetero) is 1. The van der Waals surface area contributed by atoms with Crippen molar-refractivity contribution in [2.45, 2.75) is 19.3 Å². The molecule has 0 saturated heterocycles. The van der Waals surface area contributed by atoms with Crippen LogP contribution in [0.15, 0.2) is 42.7 Å². The van der Waals surface area contributed by atoms with Gasteiger partial charge in [-0.1, -0.05) is 12.1 Å². The lowest BCUT2D eigenvalue weighted by molar-refractivity contribution is -0.118. The Morgan fingerprint density at radius 1 is 1.11 bits per heavy atom. The minimum Gasteiger partial charge on any atom is -0.299 e. The molecule has 1 heterocycles. The molecule has 2 nitrogen and oxygen atoms in total. The molecule has 2 rings (SSSR count). The van der Waals surface area contributed by atoms with Crippen LogP contribution >= 0.6 is 0 Å². The summed E-state index contributed by atoms with van der Waals surface area (Å²) in [5.74, 6) is -1.96. The first kappa shape index (κ1) is 13.3. The Labute approximate surface area is 110 Å². The van der Waals surface area contributed by atoms with E-state index >= 15 is 0 Å². The highest BCUT2D eigenvalue weighted by Gasteiger charge is 2.11. The smallest absolute Gasteiger partial charge is 0.162 e. The molecule has 0 N–H and O–H groups in total. The van der Waals surface area contributed by atoms with Gasteiger partial charge in [-0.3, -0.25) is 9.78 Å². The van der Waals surface area contributed by atoms with E-state index in [0.29, 0.717) is 12.8 Å². The van der Waals surface area contributed by atoms with Crippen molar-refractivity contribution in [3.05, 3.63) is 65.5 Å². The molecule has 2 aromatic rings. The molecule has 0 fully saturated rings. The van der Waals surface area contributed by atoms with Gasteiger partial charge in [-0.25, -0.2) is 8.78 Å². The van der Waals surface area contributed by atoms with E-state index in [0.717, 1.165) is 11.6 Å². The fourth-order valence-corrected chi connectivity index (χ4v) is 1.82. The van der Waals surface area contributed by atoms with Crippen LogP contribution in [0, 0.1) is 11.6 Å².